The zero-order valence-corrected chi connectivity index (χ0v) is 13.1. The monoisotopic (exact) mass is 292 g/mol. The standard InChI is InChI=1S/C17H24O2S/c1-16(10-6-5-9-15-20(2,18)19)13-14-17-11-7-3-4-8-12-17/h3-4,7,11-12H,1,5-6,9-10,13-15H2,2H3. The summed E-state index contributed by atoms with van der Waals surface area (Å²) >= 11 is 0. The average molecular weight is 292 g/mol. The Bertz CT molecular complexity index is 542. The Morgan fingerprint density at radius 2 is 2.00 bits per heavy atom. The SMILES string of the molecule is C=C(CCCCCS(C)(=O)=O)CCC1=CC=CC=C=C1. The van der Waals surface area contributed by atoms with Crippen molar-refractivity contribution in [3.8, 4) is 0 Å². The van der Waals surface area contributed by atoms with Crippen LogP contribution in [0.2, 0.25) is 0 Å². The minimum absolute atomic E-state index is 0.301. The van der Waals surface area contributed by atoms with Crippen LogP contribution in [-0.2, 0) is 9.84 Å². The van der Waals surface area contributed by atoms with Gasteiger partial charge >= 0.3 is 0 Å². The topological polar surface area (TPSA) is 34.1 Å². The molecular weight excluding hydrogens is 268 g/mol. The van der Waals surface area contributed by atoms with Gasteiger partial charge in [0.25, 0.3) is 0 Å². The highest BCUT2D eigenvalue weighted by atomic mass is 32.2. The van der Waals surface area contributed by atoms with Gasteiger partial charge in [0, 0.05) is 12.0 Å². The van der Waals surface area contributed by atoms with E-state index in [1.54, 1.807) is 0 Å². The van der Waals surface area contributed by atoms with Gasteiger partial charge in [0.05, 0.1) is 0 Å². The highest BCUT2D eigenvalue weighted by Crippen LogP contribution is 2.17. The van der Waals surface area contributed by atoms with Gasteiger partial charge in [-0.15, -0.1) is 5.73 Å². The third kappa shape index (κ3) is 8.73. The number of hydrogen-bond donors (Lipinski definition) is 0. The van der Waals surface area contributed by atoms with Gasteiger partial charge in [0.2, 0.25) is 0 Å². The van der Waals surface area contributed by atoms with Gasteiger partial charge < -0.3 is 0 Å². The van der Waals surface area contributed by atoms with E-state index >= 15 is 0 Å². The molecule has 1 aliphatic carbocycles. The molecule has 0 aromatic carbocycles. The molecule has 0 spiro atoms. The van der Waals surface area contributed by atoms with E-state index in [9.17, 15) is 8.42 Å². The number of hydrogen-bond acceptors (Lipinski definition) is 2. The molecule has 0 amide bonds. The molecule has 0 aliphatic heterocycles. The van der Waals surface area contributed by atoms with E-state index in [1.165, 1.54) is 17.4 Å². The van der Waals surface area contributed by atoms with Crippen LogP contribution in [0.15, 0.2) is 53.8 Å². The lowest BCUT2D eigenvalue weighted by molar-refractivity contribution is 0.595. The van der Waals surface area contributed by atoms with Crippen molar-refractivity contribution < 1.29 is 8.42 Å². The van der Waals surface area contributed by atoms with Gasteiger partial charge in [-0.05, 0) is 49.8 Å². The number of rotatable bonds is 9. The van der Waals surface area contributed by atoms with E-state index in [0.717, 1.165) is 38.5 Å². The third-order valence-electron chi connectivity index (χ3n) is 3.20. The summed E-state index contributed by atoms with van der Waals surface area (Å²) in [4.78, 5) is 0. The van der Waals surface area contributed by atoms with Gasteiger partial charge in [0.15, 0.2) is 0 Å². The first kappa shape index (κ1) is 16.7. The Hall–Kier alpha value is -1.31. The van der Waals surface area contributed by atoms with Crippen LogP contribution < -0.4 is 0 Å². The molecule has 20 heavy (non-hydrogen) atoms. The molecule has 0 radical (unpaired) electrons. The Labute approximate surface area is 123 Å². The van der Waals surface area contributed by atoms with Gasteiger partial charge in [-0.25, -0.2) is 8.42 Å². The van der Waals surface area contributed by atoms with E-state index < -0.39 is 9.84 Å². The Morgan fingerprint density at radius 1 is 1.20 bits per heavy atom. The van der Waals surface area contributed by atoms with E-state index in [1.807, 2.05) is 24.3 Å². The fourth-order valence-electron chi connectivity index (χ4n) is 2.01. The minimum Gasteiger partial charge on any atom is -0.229 e. The van der Waals surface area contributed by atoms with Crippen LogP contribution >= 0.6 is 0 Å². The first-order valence-electron chi connectivity index (χ1n) is 7.10. The van der Waals surface area contributed by atoms with Crippen molar-refractivity contribution in [1.82, 2.24) is 0 Å². The second-order valence-electron chi connectivity index (χ2n) is 5.29. The van der Waals surface area contributed by atoms with Crippen LogP contribution in [0.4, 0.5) is 0 Å². The number of sulfone groups is 1. The highest BCUT2D eigenvalue weighted by molar-refractivity contribution is 7.90. The fraction of sp³-hybridized carbons (Fsp3) is 0.471. The van der Waals surface area contributed by atoms with E-state index in [-0.39, 0.29) is 0 Å². The van der Waals surface area contributed by atoms with Crippen LogP contribution in [0, 0.1) is 0 Å². The van der Waals surface area contributed by atoms with E-state index in [4.69, 9.17) is 0 Å². The molecule has 0 saturated heterocycles. The van der Waals surface area contributed by atoms with E-state index in [2.05, 4.69) is 18.4 Å². The van der Waals surface area contributed by atoms with Gasteiger partial charge in [-0.2, -0.15) is 0 Å². The molecule has 3 heteroatoms. The van der Waals surface area contributed by atoms with Crippen molar-refractivity contribution in [3.63, 3.8) is 0 Å². The summed E-state index contributed by atoms with van der Waals surface area (Å²) < 4.78 is 22.0. The lowest BCUT2D eigenvalue weighted by Gasteiger charge is -2.06. The lowest BCUT2D eigenvalue weighted by atomic mass is 10.0. The second-order valence-corrected chi connectivity index (χ2v) is 7.55. The molecule has 110 valence electrons. The molecule has 1 rings (SSSR count). The summed E-state index contributed by atoms with van der Waals surface area (Å²) in [6.07, 6.45) is 17.0. The van der Waals surface area contributed by atoms with Gasteiger partial charge in [0.1, 0.15) is 9.84 Å². The smallest absolute Gasteiger partial charge is 0.147 e. The van der Waals surface area contributed by atoms with Crippen LogP contribution in [-0.4, -0.2) is 20.4 Å². The maximum absolute atomic E-state index is 11.0. The first-order chi connectivity index (χ1) is 9.47. The van der Waals surface area contributed by atoms with Crippen molar-refractivity contribution in [2.24, 2.45) is 0 Å². The average Bonchev–Trinajstić information content (AvgIpc) is 2.63. The van der Waals surface area contributed by atoms with Crippen molar-refractivity contribution >= 4 is 9.84 Å². The number of allylic oxidation sites excluding steroid dienone is 6. The molecule has 0 bridgehead atoms. The Kier molecular flexibility index (Phi) is 7.35. The molecule has 0 heterocycles. The molecule has 0 saturated carbocycles. The van der Waals surface area contributed by atoms with Crippen molar-refractivity contribution in [2.45, 2.75) is 38.5 Å². The third-order valence-corrected chi connectivity index (χ3v) is 4.23. The number of unbranched alkanes of at least 4 members (excludes halogenated alkanes) is 2. The maximum Gasteiger partial charge on any atom is 0.147 e. The van der Waals surface area contributed by atoms with E-state index in [0.29, 0.717) is 5.75 Å². The fourth-order valence-corrected chi connectivity index (χ4v) is 2.74. The summed E-state index contributed by atoms with van der Waals surface area (Å²) in [7, 11) is -2.80. The summed E-state index contributed by atoms with van der Waals surface area (Å²) in [5.41, 5.74) is 5.62. The molecule has 1 aliphatic rings. The van der Waals surface area contributed by atoms with Crippen LogP contribution in [0.3, 0.4) is 0 Å². The predicted octanol–water partition coefficient (Wildman–Crippen LogP) is 4.14. The summed E-state index contributed by atoms with van der Waals surface area (Å²) in [5, 5.41) is 0. The second kappa shape index (κ2) is 8.78. The minimum atomic E-state index is -2.80. The first-order valence-corrected chi connectivity index (χ1v) is 9.16. The maximum atomic E-state index is 11.0. The zero-order valence-electron chi connectivity index (χ0n) is 12.3. The molecule has 0 N–H and O–H groups in total. The van der Waals surface area contributed by atoms with Crippen molar-refractivity contribution in [2.75, 3.05) is 12.0 Å². The van der Waals surface area contributed by atoms with Gasteiger partial charge in [-0.1, -0.05) is 36.8 Å². The molecule has 0 aromatic rings. The highest BCUT2D eigenvalue weighted by Gasteiger charge is 2.02. The summed E-state index contributed by atoms with van der Waals surface area (Å²) in [6.45, 7) is 4.10. The molecule has 0 unspecified atom stereocenters. The van der Waals surface area contributed by atoms with Crippen molar-refractivity contribution in [1.29, 1.82) is 0 Å². The van der Waals surface area contributed by atoms with Crippen LogP contribution in [0.1, 0.15) is 38.5 Å². The summed E-state index contributed by atoms with van der Waals surface area (Å²) in [6, 6.07) is 0. The zero-order chi connectivity index (χ0) is 14.8. The normalized spacial score (nSPS) is 14.2. The quantitative estimate of drug-likeness (QED) is 0.364. The molecule has 0 atom stereocenters. The Balaban J connectivity index is 2.13. The largest absolute Gasteiger partial charge is 0.229 e. The predicted molar refractivity (Wildman–Crippen MR) is 86.4 cm³/mol. The van der Waals surface area contributed by atoms with Crippen molar-refractivity contribution in [3.05, 3.63) is 53.8 Å². The molecule has 2 nitrogen and oxygen atoms in total. The molecular formula is C17H24O2S. The lowest BCUT2D eigenvalue weighted by Crippen LogP contribution is -2.02. The molecule has 0 aromatic heterocycles. The molecule has 0 fully saturated rings. The Morgan fingerprint density at radius 3 is 2.75 bits per heavy atom. The van der Waals surface area contributed by atoms with Crippen LogP contribution in [0.5, 0.6) is 0 Å². The van der Waals surface area contributed by atoms with Crippen LogP contribution in [0.25, 0.3) is 0 Å². The van der Waals surface area contributed by atoms with Gasteiger partial charge in [-0.3, -0.25) is 0 Å². The summed E-state index contributed by atoms with van der Waals surface area (Å²) in [5.74, 6) is 0.301.